The quantitative estimate of drug-likeness (QED) is 0.149. The minimum absolute atomic E-state index is 0.0829. The Kier molecular flexibility index (Phi) is 38.1. The fourth-order valence-electron chi connectivity index (χ4n) is 10.0. The highest BCUT2D eigenvalue weighted by molar-refractivity contribution is 7.99. The van der Waals surface area contributed by atoms with Crippen LogP contribution >= 0.6 is 11.8 Å². The average Bonchev–Trinajstić information content (AvgIpc) is 4.25. The molecule has 0 amide bonds. The van der Waals surface area contributed by atoms with E-state index >= 15 is 0 Å². The van der Waals surface area contributed by atoms with Gasteiger partial charge in [-0.1, -0.05) is 96.9 Å². The molecule has 7 heterocycles. The summed E-state index contributed by atoms with van der Waals surface area (Å²) in [6, 6.07) is 0. The van der Waals surface area contributed by atoms with Crippen LogP contribution in [0.4, 0.5) is 0 Å². The minimum Gasteiger partial charge on any atom is -0.381 e. The van der Waals surface area contributed by atoms with Gasteiger partial charge in [0.25, 0.3) is 0 Å². The molecule has 436 valence electrons. The Hall–Kier alpha value is -2.01. The van der Waals surface area contributed by atoms with Crippen molar-refractivity contribution in [3.63, 3.8) is 0 Å². The number of ketones is 7. The number of rotatable bonds is 14. The Balaban J connectivity index is 0.000000438. The van der Waals surface area contributed by atoms with E-state index in [1.165, 1.54) is 5.75 Å². The summed E-state index contributed by atoms with van der Waals surface area (Å²) in [5, 5.41) is 9.69. The van der Waals surface area contributed by atoms with Gasteiger partial charge in [0.1, 0.15) is 40.5 Å². The summed E-state index contributed by atoms with van der Waals surface area (Å²) in [6.07, 6.45) is 11.2. The molecule has 7 saturated heterocycles. The zero-order valence-corrected chi connectivity index (χ0v) is 51.3. The van der Waals surface area contributed by atoms with Gasteiger partial charge in [0.2, 0.25) is 0 Å². The topological polar surface area (TPSA) is 191 Å². The average molecular weight is 1100 g/mol. The fourth-order valence-corrected chi connectivity index (χ4v) is 12.7. The summed E-state index contributed by atoms with van der Waals surface area (Å²) in [4.78, 5) is 79.8. The Labute approximate surface area is 463 Å². The second-order valence-corrected chi connectivity index (χ2v) is 26.6. The number of ether oxygens (including phenoxy) is 2. The lowest BCUT2D eigenvalue weighted by molar-refractivity contribution is -0.129. The summed E-state index contributed by atoms with van der Waals surface area (Å²) in [7, 11) is -0.728. The lowest BCUT2D eigenvalue weighted by atomic mass is 9.88. The van der Waals surface area contributed by atoms with Crippen molar-refractivity contribution in [3.05, 3.63) is 0 Å². The normalized spacial score (nSPS) is 25.0. The fraction of sp³-hybridized carbons (Fsp3) is 0.883. The van der Waals surface area contributed by atoms with Gasteiger partial charge in [-0.25, -0.2) is 0 Å². The van der Waals surface area contributed by atoms with E-state index in [0.29, 0.717) is 76.5 Å². The van der Waals surface area contributed by atoms with Crippen LogP contribution in [0.5, 0.6) is 0 Å². The maximum Gasteiger partial charge on any atom is 0.140 e. The summed E-state index contributed by atoms with van der Waals surface area (Å²) in [5.41, 5.74) is 0. The van der Waals surface area contributed by atoms with Crippen molar-refractivity contribution in [3.8, 4) is 0 Å². The number of nitrogens with one attached hydrogen (secondary N) is 3. The summed E-state index contributed by atoms with van der Waals surface area (Å²) in [5.74, 6) is 9.71. The zero-order valence-electron chi connectivity index (χ0n) is 49.7. The van der Waals surface area contributed by atoms with E-state index in [1.807, 2.05) is 109 Å². The predicted molar refractivity (Wildman–Crippen MR) is 310 cm³/mol. The van der Waals surface area contributed by atoms with Crippen LogP contribution in [-0.4, -0.2) is 133 Å². The highest BCUT2D eigenvalue weighted by Crippen LogP contribution is 2.26. The number of Topliss-reactive ketones (excluding diaryl/α,β-unsaturated/α-hetero) is 7. The van der Waals surface area contributed by atoms with Gasteiger partial charge in [-0.2, -0.15) is 11.8 Å². The molecule has 0 aromatic heterocycles. The minimum atomic E-state index is -0.728. The molecule has 7 fully saturated rings. The molecule has 0 aliphatic carbocycles. The number of hydrogen-bond donors (Lipinski definition) is 3. The van der Waals surface area contributed by atoms with Crippen molar-refractivity contribution in [2.75, 3.05) is 88.7 Å². The van der Waals surface area contributed by atoms with Gasteiger partial charge in [0, 0.05) is 144 Å². The third kappa shape index (κ3) is 29.7. The molecule has 0 aromatic rings. The molecule has 0 radical (unpaired) electrons. The first-order chi connectivity index (χ1) is 35.4. The molecule has 13 nitrogen and oxygen atoms in total. The van der Waals surface area contributed by atoms with E-state index in [0.717, 1.165) is 141 Å². The van der Waals surface area contributed by atoms with Crippen LogP contribution in [0.25, 0.3) is 0 Å². The van der Waals surface area contributed by atoms with Crippen LogP contribution in [0.1, 0.15) is 168 Å². The second-order valence-electron chi connectivity index (χ2n) is 23.8. The summed E-state index contributed by atoms with van der Waals surface area (Å²) >= 11 is 1.91. The van der Waals surface area contributed by atoms with Gasteiger partial charge in [-0.05, 0) is 103 Å². The van der Waals surface area contributed by atoms with Crippen LogP contribution in [0, 0.1) is 82.9 Å². The van der Waals surface area contributed by atoms with Crippen molar-refractivity contribution in [2.45, 2.75) is 168 Å². The van der Waals surface area contributed by atoms with Crippen LogP contribution in [0.3, 0.4) is 0 Å². The SMILES string of the molecule is CC(C)C(=O)C1CCCNC1.CC(C)C(=O)C1CCCS(=O)C1.CC(C)C(=O)C1CCNC1.CC(C)C(=O)C1CCNCC1.CC(C)C(=O)C1CCOC1.CC(C)C(=O)C1CCOCC1.CC(C)C(=O)C1CCSC1. The molecule has 0 saturated carbocycles. The molecular weight excluding hydrogens is 987 g/mol. The van der Waals surface area contributed by atoms with Crippen molar-refractivity contribution in [2.24, 2.45) is 82.9 Å². The molecule has 0 aromatic carbocycles. The maximum absolute atomic E-state index is 11.5. The highest BCUT2D eigenvalue weighted by atomic mass is 32.2. The van der Waals surface area contributed by atoms with Crippen molar-refractivity contribution < 1.29 is 47.2 Å². The molecular formula is C60H109N3O10S2. The number of carbonyl (C=O) groups is 7. The van der Waals surface area contributed by atoms with Gasteiger partial charge < -0.3 is 25.4 Å². The second kappa shape index (κ2) is 40.2. The first-order valence-corrected chi connectivity index (χ1v) is 32.0. The molecule has 7 aliphatic rings. The lowest BCUT2D eigenvalue weighted by Crippen LogP contribution is -2.36. The number of carbonyl (C=O) groups excluding carboxylic acids is 7. The van der Waals surface area contributed by atoms with Crippen molar-refractivity contribution in [1.82, 2.24) is 16.0 Å². The standard InChI is InChI=1S/2C9H17NO.C9H16O2S.C9H16O2.C8H15NO.C8H14O2.C8H14OS/c1-7(2)9(11)8-3-5-10-6-4-8;1-7(2)9(11)8-4-3-5-10-6-8;1-7(2)9(10)8-4-3-5-12(11)6-8;1-7(2)9(10)8-3-5-11-6-4-8;1-6(2)8(10)7-3-4-9-5-7;2*1-6(2)8(9)7-3-4-10-5-7/h2*7-8,10H,3-6H2,1-2H3;7-8H,3-6H2,1-2H3;7-8H,3-6H2,1-2H3;6-7,9H,3-5H2,1-2H3;2*6-7H,3-5H2,1-2H3. The van der Waals surface area contributed by atoms with Gasteiger partial charge in [-0.3, -0.25) is 37.8 Å². The Bertz CT molecular complexity index is 1510. The van der Waals surface area contributed by atoms with Gasteiger partial charge >= 0.3 is 0 Å². The summed E-state index contributed by atoms with van der Waals surface area (Å²) < 4.78 is 21.4. The summed E-state index contributed by atoms with van der Waals surface area (Å²) in [6.45, 7) is 36.4. The largest absolute Gasteiger partial charge is 0.381 e. The number of piperidine rings is 2. The lowest BCUT2D eigenvalue weighted by Gasteiger charge is -2.22. The van der Waals surface area contributed by atoms with Crippen LogP contribution in [-0.2, 0) is 53.8 Å². The monoisotopic (exact) mass is 1100 g/mol. The third-order valence-corrected chi connectivity index (χ3v) is 17.6. The molecule has 0 bridgehead atoms. The van der Waals surface area contributed by atoms with E-state index in [2.05, 4.69) is 16.0 Å². The Morgan fingerprint density at radius 1 is 0.400 bits per heavy atom. The Morgan fingerprint density at radius 2 is 0.773 bits per heavy atom. The van der Waals surface area contributed by atoms with Crippen LogP contribution < -0.4 is 16.0 Å². The number of hydrogen-bond acceptors (Lipinski definition) is 14. The van der Waals surface area contributed by atoms with E-state index < -0.39 is 10.8 Å². The van der Waals surface area contributed by atoms with E-state index in [4.69, 9.17) is 9.47 Å². The molecule has 0 spiro atoms. The van der Waals surface area contributed by atoms with Gasteiger partial charge in [-0.15, -0.1) is 0 Å². The zero-order chi connectivity index (χ0) is 56.6. The van der Waals surface area contributed by atoms with Crippen molar-refractivity contribution in [1.29, 1.82) is 0 Å². The van der Waals surface area contributed by atoms with Gasteiger partial charge in [0.15, 0.2) is 0 Å². The smallest absolute Gasteiger partial charge is 0.140 e. The molecule has 7 rings (SSSR count). The highest BCUT2D eigenvalue weighted by Gasteiger charge is 2.29. The molecule has 6 unspecified atom stereocenters. The van der Waals surface area contributed by atoms with Crippen LogP contribution in [0.2, 0.25) is 0 Å². The number of thioether (sulfide) groups is 1. The molecule has 15 heteroatoms. The van der Waals surface area contributed by atoms with Gasteiger partial charge in [0.05, 0.1) is 6.61 Å². The van der Waals surface area contributed by atoms with Crippen LogP contribution in [0.15, 0.2) is 0 Å². The Morgan fingerprint density at radius 3 is 1.17 bits per heavy atom. The van der Waals surface area contributed by atoms with E-state index in [1.54, 1.807) is 0 Å². The molecule has 75 heavy (non-hydrogen) atoms. The predicted octanol–water partition coefficient (Wildman–Crippen LogP) is 9.46. The van der Waals surface area contributed by atoms with E-state index in [-0.39, 0.29) is 59.2 Å². The molecule has 7 aliphatic heterocycles. The first kappa shape index (κ1) is 71.0. The van der Waals surface area contributed by atoms with E-state index in [9.17, 15) is 37.8 Å². The molecule has 6 atom stereocenters. The van der Waals surface area contributed by atoms with Crippen molar-refractivity contribution >= 4 is 63.0 Å². The first-order valence-electron chi connectivity index (χ1n) is 29.4. The molecule has 3 N–H and O–H groups in total. The third-order valence-electron chi connectivity index (χ3n) is 14.9. The maximum atomic E-state index is 11.5.